The van der Waals surface area contributed by atoms with E-state index in [9.17, 15) is 9.59 Å². The van der Waals surface area contributed by atoms with E-state index < -0.39 is 0 Å². The maximum absolute atomic E-state index is 12.4. The molecule has 150 valence electrons. The molecule has 4 N–H and O–H groups in total. The molecule has 0 radical (unpaired) electrons. The van der Waals surface area contributed by atoms with Gasteiger partial charge in [-0.15, -0.1) is 0 Å². The van der Waals surface area contributed by atoms with Gasteiger partial charge in [-0.3, -0.25) is 4.79 Å². The molecule has 4 aliphatic carbocycles. The maximum Gasteiger partial charge on any atom is 0.315 e. The van der Waals surface area contributed by atoms with Crippen molar-refractivity contribution in [3.05, 3.63) is 0 Å². The first-order valence-electron chi connectivity index (χ1n) is 11.2. The van der Waals surface area contributed by atoms with Gasteiger partial charge in [-0.1, -0.05) is 0 Å². The van der Waals surface area contributed by atoms with E-state index in [2.05, 4.69) is 21.3 Å². The lowest BCUT2D eigenvalue weighted by Crippen LogP contribution is -2.61. The first-order chi connectivity index (χ1) is 13.1. The molecule has 2 saturated heterocycles. The first-order valence-corrected chi connectivity index (χ1v) is 11.2. The van der Waals surface area contributed by atoms with E-state index in [4.69, 9.17) is 0 Å². The summed E-state index contributed by atoms with van der Waals surface area (Å²) in [5, 5.41) is 13.0. The second-order valence-electron chi connectivity index (χ2n) is 10.2. The normalized spacial score (nSPS) is 44.1. The zero-order chi connectivity index (χ0) is 18.4. The maximum atomic E-state index is 12.4. The van der Waals surface area contributed by atoms with E-state index in [1.165, 1.54) is 32.1 Å². The Hall–Kier alpha value is -1.30. The lowest BCUT2D eigenvalue weighted by molar-refractivity contribution is -0.121. The van der Waals surface area contributed by atoms with Crippen LogP contribution in [-0.4, -0.2) is 42.1 Å². The van der Waals surface area contributed by atoms with Crippen LogP contribution in [0.15, 0.2) is 0 Å². The molecular weight excluding hydrogens is 340 g/mol. The highest BCUT2D eigenvalue weighted by Crippen LogP contribution is 2.55. The van der Waals surface area contributed by atoms with E-state index in [1.54, 1.807) is 0 Å². The smallest absolute Gasteiger partial charge is 0.315 e. The Morgan fingerprint density at radius 3 is 2.07 bits per heavy atom. The molecule has 6 bridgehead atoms. The van der Waals surface area contributed by atoms with Gasteiger partial charge in [0.25, 0.3) is 0 Å². The van der Waals surface area contributed by atoms with E-state index in [-0.39, 0.29) is 17.5 Å². The summed E-state index contributed by atoms with van der Waals surface area (Å²) in [6, 6.07) is 1.39. The minimum atomic E-state index is -0.0790. The van der Waals surface area contributed by atoms with Gasteiger partial charge >= 0.3 is 6.03 Å². The van der Waals surface area contributed by atoms with Crippen molar-refractivity contribution in [2.45, 2.75) is 94.3 Å². The average Bonchev–Trinajstić information content (AvgIpc) is 2.91. The van der Waals surface area contributed by atoms with Gasteiger partial charge < -0.3 is 21.3 Å². The summed E-state index contributed by atoms with van der Waals surface area (Å²) >= 11 is 0. The first kappa shape index (κ1) is 17.8. The molecule has 4 saturated carbocycles. The van der Waals surface area contributed by atoms with Gasteiger partial charge in [0.05, 0.1) is 0 Å². The Balaban J connectivity index is 1.04. The highest BCUT2D eigenvalue weighted by molar-refractivity contribution is 5.78. The average molecular weight is 375 g/mol. The summed E-state index contributed by atoms with van der Waals surface area (Å²) in [5.41, 5.74) is 0.0372. The zero-order valence-corrected chi connectivity index (χ0v) is 16.3. The van der Waals surface area contributed by atoms with Gasteiger partial charge in [0.2, 0.25) is 5.91 Å². The molecule has 0 aromatic carbocycles. The second kappa shape index (κ2) is 6.94. The molecule has 6 aliphatic rings. The van der Waals surface area contributed by atoms with Crippen LogP contribution in [0.4, 0.5) is 4.79 Å². The minimum Gasteiger partial charge on any atom is -0.353 e. The Labute approximate surface area is 162 Å². The van der Waals surface area contributed by atoms with Crippen molar-refractivity contribution in [1.82, 2.24) is 21.3 Å². The summed E-state index contributed by atoms with van der Waals surface area (Å²) in [5.74, 6) is 2.53. The van der Waals surface area contributed by atoms with Crippen LogP contribution >= 0.6 is 0 Å². The van der Waals surface area contributed by atoms with Crippen LogP contribution in [0.2, 0.25) is 0 Å². The number of piperidine rings is 1. The lowest BCUT2D eigenvalue weighted by Gasteiger charge is -2.56. The third kappa shape index (κ3) is 3.82. The van der Waals surface area contributed by atoms with Gasteiger partial charge in [-0.05, 0) is 82.0 Å². The van der Waals surface area contributed by atoms with Gasteiger partial charge in [0.1, 0.15) is 0 Å². The van der Waals surface area contributed by atoms with Crippen molar-refractivity contribution in [3.8, 4) is 0 Å². The van der Waals surface area contributed by atoms with Crippen molar-refractivity contribution in [1.29, 1.82) is 0 Å². The van der Waals surface area contributed by atoms with Crippen LogP contribution in [0.1, 0.15) is 70.6 Å². The number of nitrogens with one attached hydrogen (secondary N) is 4. The standard InChI is InChI=1S/C21H34N4O2/c26-19(24-18-8-16-1-2-17(9-18)23-16)3-4-22-20(27)25-21-10-13-5-14(11-21)7-15(6-13)12-21/h13-18,23H,1-12H2,(H,24,26)(H2,22,25,27). The quantitative estimate of drug-likeness (QED) is 0.594. The SMILES string of the molecule is O=C(CCNC(=O)NC12CC3CC(CC(C3)C1)C2)NC1CC2CCC(C1)N2. The van der Waals surface area contributed by atoms with Crippen LogP contribution in [0.25, 0.3) is 0 Å². The fourth-order valence-electron chi connectivity index (χ4n) is 7.31. The van der Waals surface area contributed by atoms with Crippen LogP contribution in [-0.2, 0) is 4.79 Å². The molecule has 6 nitrogen and oxygen atoms in total. The number of amides is 3. The van der Waals surface area contributed by atoms with Crippen molar-refractivity contribution in [2.24, 2.45) is 17.8 Å². The van der Waals surface area contributed by atoms with Crippen LogP contribution < -0.4 is 21.3 Å². The number of rotatable bonds is 5. The predicted molar refractivity (Wildman–Crippen MR) is 103 cm³/mol. The Bertz CT molecular complexity index is 560. The molecule has 2 unspecified atom stereocenters. The van der Waals surface area contributed by atoms with Gasteiger partial charge in [-0.25, -0.2) is 4.79 Å². The van der Waals surface area contributed by atoms with Gasteiger partial charge in [0.15, 0.2) is 0 Å². The molecule has 2 aliphatic heterocycles. The third-order valence-electron chi connectivity index (χ3n) is 7.89. The molecular formula is C21H34N4O2. The highest BCUT2D eigenvalue weighted by Gasteiger charge is 2.51. The van der Waals surface area contributed by atoms with Crippen molar-refractivity contribution < 1.29 is 9.59 Å². The van der Waals surface area contributed by atoms with E-state index in [1.807, 2.05) is 0 Å². The van der Waals surface area contributed by atoms with E-state index in [0.717, 1.165) is 49.9 Å². The number of hydrogen-bond acceptors (Lipinski definition) is 3. The largest absolute Gasteiger partial charge is 0.353 e. The molecule has 0 aromatic rings. The van der Waals surface area contributed by atoms with Crippen LogP contribution in [0.5, 0.6) is 0 Å². The second-order valence-corrected chi connectivity index (χ2v) is 10.2. The van der Waals surface area contributed by atoms with Gasteiger partial charge in [0, 0.05) is 36.6 Å². The summed E-state index contributed by atoms with van der Waals surface area (Å²) in [4.78, 5) is 24.7. The predicted octanol–water partition coefficient (Wildman–Crippen LogP) is 2.04. The summed E-state index contributed by atoms with van der Waals surface area (Å²) in [6.45, 7) is 0.419. The summed E-state index contributed by atoms with van der Waals surface area (Å²) in [7, 11) is 0. The summed E-state index contributed by atoms with van der Waals surface area (Å²) in [6.07, 6.45) is 12.5. The molecule has 2 heterocycles. The van der Waals surface area contributed by atoms with Crippen molar-refractivity contribution in [3.63, 3.8) is 0 Å². The van der Waals surface area contributed by atoms with Crippen molar-refractivity contribution in [2.75, 3.05) is 6.54 Å². The molecule has 3 amide bonds. The topological polar surface area (TPSA) is 82.3 Å². The number of hydrogen-bond donors (Lipinski definition) is 4. The van der Waals surface area contributed by atoms with Gasteiger partial charge in [-0.2, -0.15) is 0 Å². The third-order valence-corrected chi connectivity index (χ3v) is 7.89. The molecule has 6 fully saturated rings. The Morgan fingerprint density at radius 2 is 1.48 bits per heavy atom. The lowest BCUT2D eigenvalue weighted by atomic mass is 9.53. The molecule has 0 spiro atoms. The molecule has 6 rings (SSSR count). The molecule has 27 heavy (non-hydrogen) atoms. The molecule has 2 atom stereocenters. The molecule has 0 aromatic heterocycles. The number of carbonyl (C=O) groups is 2. The Kier molecular flexibility index (Phi) is 4.57. The highest BCUT2D eigenvalue weighted by atomic mass is 16.2. The van der Waals surface area contributed by atoms with Crippen molar-refractivity contribution >= 4 is 11.9 Å². The number of urea groups is 1. The number of fused-ring (bicyclic) bond motifs is 2. The van der Waals surface area contributed by atoms with Crippen LogP contribution in [0.3, 0.4) is 0 Å². The number of carbonyl (C=O) groups excluding carboxylic acids is 2. The van der Waals surface area contributed by atoms with E-state index >= 15 is 0 Å². The monoisotopic (exact) mass is 374 g/mol. The fourth-order valence-corrected chi connectivity index (χ4v) is 7.31. The molecule has 6 heteroatoms. The Morgan fingerprint density at radius 1 is 0.889 bits per heavy atom. The minimum absolute atomic E-state index is 0.0372. The fraction of sp³-hybridized carbons (Fsp3) is 0.905. The van der Waals surface area contributed by atoms with E-state index in [0.29, 0.717) is 31.1 Å². The zero-order valence-electron chi connectivity index (χ0n) is 16.3. The summed E-state index contributed by atoms with van der Waals surface area (Å²) < 4.78 is 0. The van der Waals surface area contributed by atoms with Crippen LogP contribution in [0, 0.1) is 17.8 Å².